The molecule has 3 rings (SSSR count). The normalized spacial score (nSPS) is 26.7. The Kier molecular flexibility index (Phi) is 4.03. The summed E-state index contributed by atoms with van der Waals surface area (Å²) < 4.78 is 17.4. The average Bonchev–Trinajstić information content (AvgIpc) is 2.68. The van der Waals surface area contributed by atoms with Gasteiger partial charge in [-0.15, -0.1) is 0 Å². The summed E-state index contributed by atoms with van der Waals surface area (Å²) >= 11 is 0. The molecule has 1 aromatic rings. The Balaban J connectivity index is 1.79. The summed E-state index contributed by atoms with van der Waals surface area (Å²) in [7, 11) is -0.383. The molecular weight excluding hydrogens is 293 g/mol. The van der Waals surface area contributed by atoms with Crippen molar-refractivity contribution in [3.8, 4) is 0 Å². The molecule has 1 amide bonds. The van der Waals surface area contributed by atoms with Gasteiger partial charge in [0.25, 0.3) is 5.91 Å². The summed E-state index contributed by atoms with van der Waals surface area (Å²) in [6.07, 6.45) is 0. The largest absolute Gasteiger partial charge is 0.494 e. The van der Waals surface area contributed by atoms with Crippen molar-refractivity contribution in [1.29, 1.82) is 0 Å². The number of carbonyl (C=O) groups is 1. The SMILES string of the molecule is CC1COCC(=O)N1c1ccc(B2OC(C)(C)C(C)(C)O2)cc1. The van der Waals surface area contributed by atoms with Crippen LogP contribution in [0, 0.1) is 0 Å². The monoisotopic (exact) mass is 317 g/mol. The molecule has 2 aliphatic rings. The Labute approximate surface area is 138 Å². The smallest absolute Gasteiger partial charge is 0.399 e. The number of anilines is 1. The van der Waals surface area contributed by atoms with E-state index in [1.807, 2.05) is 58.9 Å². The highest BCUT2D eigenvalue weighted by Gasteiger charge is 2.51. The van der Waals surface area contributed by atoms with E-state index in [0.29, 0.717) is 6.61 Å². The van der Waals surface area contributed by atoms with Crippen LogP contribution in [0.1, 0.15) is 34.6 Å². The molecule has 0 spiro atoms. The van der Waals surface area contributed by atoms with Crippen LogP contribution in [0.15, 0.2) is 24.3 Å². The van der Waals surface area contributed by atoms with E-state index in [-0.39, 0.29) is 36.9 Å². The molecule has 2 heterocycles. The number of rotatable bonds is 2. The van der Waals surface area contributed by atoms with Crippen LogP contribution in [0.25, 0.3) is 0 Å². The number of ether oxygens (including phenoxy) is 1. The third-order valence-electron chi connectivity index (χ3n) is 4.99. The van der Waals surface area contributed by atoms with Gasteiger partial charge in [-0.2, -0.15) is 0 Å². The zero-order valence-corrected chi connectivity index (χ0v) is 14.5. The van der Waals surface area contributed by atoms with Gasteiger partial charge in [-0.1, -0.05) is 12.1 Å². The summed E-state index contributed by atoms with van der Waals surface area (Å²) in [5.41, 5.74) is 1.13. The van der Waals surface area contributed by atoms with Crippen molar-refractivity contribution in [1.82, 2.24) is 0 Å². The van der Waals surface area contributed by atoms with Crippen molar-refractivity contribution < 1.29 is 18.8 Å². The van der Waals surface area contributed by atoms with Crippen LogP contribution in [-0.4, -0.2) is 43.5 Å². The number of hydrogen-bond acceptors (Lipinski definition) is 4. The molecule has 1 unspecified atom stereocenters. The van der Waals surface area contributed by atoms with Gasteiger partial charge in [0.05, 0.1) is 23.9 Å². The maximum atomic E-state index is 12.1. The number of carbonyl (C=O) groups excluding carboxylic acids is 1. The van der Waals surface area contributed by atoms with Gasteiger partial charge in [-0.05, 0) is 52.2 Å². The fraction of sp³-hybridized carbons (Fsp3) is 0.588. The van der Waals surface area contributed by atoms with Crippen molar-refractivity contribution in [2.45, 2.75) is 51.9 Å². The van der Waals surface area contributed by atoms with E-state index in [4.69, 9.17) is 14.0 Å². The zero-order chi connectivity index (χ0) is 16.8. The van der Waals surface area contributed by atoms with Crippen molar-refractivity contribution in [2.75, 3.05) is 18.1 Å². The number of benzene rings is 1. The molecule has 0 saturated carbocycles. The molecule has 0 N–H and O–H groups in total. The lowest BCUT2D eigenvalue weighted by Gasteiger charge is -2.33. The van der Waals surface area contributed by atoms with Crippen molar-refractivity contribution in [3.63, 3.8) is 0 Å². The molecule has 0 aromatic heterocycles. The first-order chi connectivity index (χ1) is 10.7. The predicted molar refractivity (Wildman–Crippen MR) is 89.9 cm³/mol. The van der Waals surface area contributed by atoms with Crippen LogP contribution in [0.3, 0.4) is 0 Å². The second-order valence-corrected chi connectivity index (χ2v) is 7.31. The van der Waals surface area contributed by atoms with Crippen LogP contribution >= 0.6 is 0 Å². The van der Waals surface area contributed by atoms with E-state index < -0.39 is 0 Å². The van der Waals surface area contributed by atoms with E-state index in [1.165, 1.54) is 0 Å². The Bertz CT molecular complexity index is 583. The first kappa shape index (κ1) is 16.5. The Morgan fingerprint density at radius 3 is 2.17 bits per heavy atom. The van der Waals surface area contributed by atoms with Crippen LogP contribution in [0.4, 0.5) is 5.69 Å². The van der Waals surface area contributed by atoms with Gasteiger partial charge in [0.2, 0.25) is 0 Å². The van der Waals surface area contributed by atoms with Gasteiger partial charge in [-0.25, -0.2) is 0 Å². The maximum Gasteiger partial charge on any atom is 0.494 e. The molecule has 1 atom stereocenters. The van der Waals surface area contributed by atoms with E-state index in [9.17, 15) is 4.79 Å². The molecule has 6 heteroatoms. The highest BCUT2D eigenvalue weighted by atomic mass is 16.7. The summed E-state index contributed by atoms with van der Waals surface area (Å²) in [6, 6.07) is 7.86. The number of amides is 1. The molecule has 2 fully saturated rings. The first-order valence-corrected chi connectivity index (χ1v) is 8.07. The van der Waals surface area contributed by atoms with Gasteiger partial charge in [0.15, 0.2) is 0 Å². The molecule has 2 saturated heterocycles. The van der Waals surface area contributed by atoms with Crippen molar-refractivity contribution >= 4 is 24.2 Å². The van der Waals surface area contributed by atoms with Crippen molar-refractivity contribution in [3.05, 3.63) is 24.3 Å². The molecule has 0 aliphatic carbocycles. The van der Waals surface area contributed by atoms with Crippen LogP contribution in [-0.2, 0) is 18.8 Å². The topological polar surface area (TPSA) is 48.0 Å². The zero-order valence-electron chi connectivity index (χ0n) is 14.5. The Morgan fingerprint density at radius 2 is 1.65 bits per heavy atom. The molecule has 0 bridgehead atoms. The third kappa shape index (κ3) is 2.91. The van der Waals surface area contributed by atoms with Gasteiger partial charge >= 0.3 is 7.12 Å². The minimum absolute atomic E-state index is 0.00728. The molecule has 1 aromatic carbocycles. The first-order valence-electron chi connectivity index (χ1n) is 8.07. The average molecular weight is 317 g/mol. The molecule has 2 aliphatic heterocycles. The number of hydrogen-bond donors (Lipinski definition) is 0. The molecular formula is C17H24BNO4. The molecule has 0 radical (unpaired) electrons. The lowest BCUT2D eigenvalue weighted by molar-refractivity contribution is -0.127. The molecule has 124 valence electrons. The third-order valence-corrected chi connectivity index (χ3v) is 4.99. The highest BCUT2D eigenvalue weighted by molar-refractivity contribution is 6.62. The fourth-order valence-corrected chi connectivity index (χ4v) is 2.88. The number of morpholine rings is 1. The van der Waals surface area contributed by atoms with Gasteiger partial charge in [-0.3, -0.25) is 4.79 Å². The van der Waals surface area contributed by atoms with E-state index in [2.05, 4.69) is 0 Å². The Hall–Kier alpha value is -1.37. The van der Waals surface area contributed by atoms with Gasteiger partial charge in [0.1, 0.15) is 6.61 Å². The number of nitrogens with zero attached hydrogens (tertiary/aromatic N) is 1. The second kappa shape index (κ2) is 5.62. The highest BCUT2D eigenvalue weighted by Crippen LogP contribution is 2.36. The minimum atomic E-state index is -0.383. The second-order valence-electron chi connectivity index (χ2n) is 7.31. The van der Waals surface area contributed by atoms with Crippen LogP contribution in [0.5, 0.6) is 0 Å². The molecule has 5 nitrogen and oxygen atoms in total. The quantitative estimate of drug-likeness (QED) is 0.780. The predicted octanol–water partition coefficient (Wildman–Crippen LogP) is 1.74. The summed E-state index contributed by atoms with van der Waals surface area (Å²) in [5.74, 6) is -0.00728. The molecule has 23 heavy (non-hydrogen) atoms. The van der Waals surface area contributed by atoms with E-state index in [1.54, 1.807) is 4.90 Å². The van der Waals surface area contributed by atoms with E-state index in [0.717, 1.165) is 11.2 Å². The minimum Gasteiger partial charge on any atom is -0.399 e. The van der Waals surface area contributed by atoms with Gasteiger partial charge in [0, 0.05) is 5.69 Å². The summed E-state index contributed by atoms with van der Waals surface area (Å²) in [5, 5.41) is 0. The standard InChI is InChI=1S/C17H24BNO4/c1-12-10-21-11-15(20)19(12)14-8-6-13(7-9-14)18-22-16(2,3)17(4,5)23-18/h6-9,12H,10-11H2,1-5H3. The van der Waals surface area contributed by atoms with Crippen LogP contribution < -0.4 is 10.4 Å². The van der Waals surface area contributed by atoms with E-state index >= 15 is 0 Å². The Morgan fingerprint density at radius 1 is 1.09 bits per heavy atom. The lowest BCUT2D eigenvalue weighted by atomic mass is 9.79. The van der Waals surface area contributed by atoms with Crippen molar-refractivity contribution in [2.24, 2.45) is 0 Å². The summed E-state index contributed by atoms with van der Waals surface area (Å²) in [4.78, 5) is 13.9. The maximum absolute atomic E-state index is 12.1. The fourth-order valence-electron chi connectivity index (χ4n) is 2.88. The summed E-state index contributed by atoms with van der Waals surface area (Å²) in [6.45, 7) is 10.8. The lowest BCUT2D eigenvalue weighted by Crippen LogP contribution is -2.48. The van der Waals surface area contributed by atoms with Crippen LogP contribution in [0.2, 0.25) is 0 Å². The van der Waals surface area contributed by atoms with Gasteiger partial charge < -0.3 is 18.9 Å².